The van der Waals surface area contributed by atoms with Crippen molar-refractivity contribution in [3.63, 3.8) is 0 Å². The predicted molar refractivity (Wildman–Crippen MR) is 125 cm³/mol. The minimum absolute atomic E-state index is 0.129. The zero-order chi connectivity index (χ0) is 21.3. The summed E-state index contributed by atoms with van der Waals surface area (Å²) in [7, 11) is 0. The number of benzene rings is 2. The molecule has 0 spiro atoms. The first kappa shape index (κ1) is 21.0. The van der Waals surface area contributed by atoms with E-state index in [0.717, 1.165) is 35.1 Å². The van der Waals surface area contributed by atoms with Crippen LogP contribution in [0.5, 0.6) is 0 Å². The molecule has 1 unspecified atom stereocenters. The number of aromatic nitrogens is 2. The first-order valence-corrected chi connectivity index (χ1v) is 11.6. The number of thioether (sulfide) groups is 1. The van der Waals surface area contributed by atoms with Gasteiger partial charge in [0.1, 0.15) is 0 Å². The lowest BCUT2D eigenvalue weighted by molar-refractivity contribution is -0.116. The molecule has 6 heteroatoms. The van der Waals surface area contributed by atoms with Crippen molar-refractivity contribution in [3.05, 3.63) is 65.3 Å². The second-order valence-electron chi connectivity index (χ2n) is 8.17. The van der Waals surface area contributed by atoms with Gasteiger partial charge in [0.25, 0.3) is 0 Å². The van der Waals surface area contributed by atoms with Gasteiger partial charge >= 0.3 is 0 Å². The molecule has 0 saturated carbocycles. The van der Waals surface area contributed by atoms with Gasteiger partial charge in [-0.05, 0) is 48.6 Å². The smallest absolute Gasteiger partial charge is 0.237 e. The maximum atomic E-state index is 13.1. The van der Waals surface area contributed by atoms with Gasteiger partial charge < -0.3 is 9.47 Å². The Morgan fingerprint density at radius 1 is 1.20 bits per heavy atom. The third kappa shape index (κ3) is 4.28. The number of anilines is 1. The number of fused-ring (bicyclic) bond motifs is 1. The minimum Gasteiger partial charge on any atom is -0.319 e. The lowest BCUT2D eigenvalue weighted by Crippen LogP contribution is -2.37. The molecule has 1 amide bonds. The fraction of sp³-hybridized carbons (Fsp3) is 0.333. The summed E-state index contributed by atoms with van der Waals surface area (Å²) < 4.78 is 2.22. The van der Waals surface area contributed by atoms with Crippen molar-refractivity contribution in [1.29, 1.82) is 0 Å². The zero-order valence-corrected chi connectivity index (χ0v) is 19.1. The molecular formula is C24H26ClN3OS. The van der Waals surface area contributed by atoms with E-state index in [9.17, 15) is 4.79 Å². The fourth-order valence-corrected chi connectivity index (χ4v) is 4.98. The fourth-order valence-electron chi connectivity index (χ4n) is 4.01. The molecule has 3 aromatic rings. The molecule has 0 N–H and O–H groups in total. The van der Waals surface area contributed by atoms with Gasteiger partial charge in [0.05, 0.1) is 17.6 Å². The molecule has 0 fully saturated rings. The number of carbonyl (C=O) groups is 1. The molecule has 1 atom stereocenters. The summed E-state index contributed by atoms with van der Waals surface area (Å²) in [6.45, 7) is 7.33. The van der Waals surface area contributed by atoms with E-state index in [1.807, 2.05) is 53.6 Å². The van der Waals surface area contributed by atoms with Crippen LogP contribution >= 0.6 is 23.4 Å². The predicted octanol–water partition coefficient (Wildman–Crippen LogP) is 5.93. The molecule has 0 radical (unpaired) electrons. The lowest BCUT2D eigenvalue weighted by atomic mass is 10.1. The number of para-hydroxylation sites is 1. The van der Waals surface area contributed by atoms with Gasteiger partial charge in [-0.2, -0.15) is 0 Å². The largest absolute Gasteiger partial charge is 0.319 e. The molecular weight excluding hydrogens is 414 g/mol. The summed E-state index contributed by atoms with van der Waals surface area (Å²) in [4.78, 5) is 19.7. The molecule has 30 heavy (non-hydrogen) atoms. The van der Waals surface area contributed by atoms with Crippen LogP contribution in [0.4, 0.5) is 5.69 Å². The summed E-state index contributed by atoms with van der Waals surface area (Å²) >= 11 is 7.57. The van der Waals surface area contributed by atoms with Crippen LogP contribution in [0.15, 0.2) is 59.9 Å². The van der Waals surface area contributed by atoms with Crippen molar-refractivity contribution in [3.8, 4) is 11.3 Å². The average molecular weight is 440 g/mol. The van der Waals surface area contributed by atoms with Crippen LogP contribution < -0.4 is 4.90 Å². The quantitative estimate of drug-likeness (QED) is 0.447. The van der Waals surface area contributed by atoms with Gasteiger partial charge in [0.15, 0.2) is 5.16 Å². The Hall–Kier alpha value is -2.24. The van der Waals surface area contributed by atoms with Gasteiger partial charge in [-0.25, -0.2) is 4.98 Å². The van der Waals surface area contributed by atoms with Crippen LogP contribution in [0.25, 0.3) is 11.3 Å². The van der Waals surface area contributed by atoms with E-state index in [4.69, 9.17) is 11.6 Å². The van der Waals surface area contributed by atoms with E-state index in [2.05, 4.69) is 36.4 Å². The van der Waals surface area contributed by atoms with Crippen molar-refractivity contribution >= 4 is 35.0 Å². The molecule has 4 rings (SSSR count). The standard InChI is InChI=1S/C24H26ClN3OS/c1-16(2)14-27-22(18-8-10-20(25)11-9-18)13-26-24(27)30-15-23(29)28-17(3)12-19-6-4-5-7-21(19)28/h4-11,13,16-17H,12,14-15H2,1-3H3. The Balaban J connectivity index is 1.55. The van der Waals surface area contributed by atoms with Crippen molar-refractivity contribution in [1.82, 2.24) is 9.55 Å². The van der Waals surface area contributed by atoms with Crippen molar-refractivity contribution in [2.45, 2.75) is 44.9 Å². The van der Waals surface area contributed by atoms with Gasteiger partial charge in [-0.15, -0.1) is 0 Å². The van der Waals surface area contributed by atoms with Crippen LogP contribution in [0, 0.1) is 5.92 Å². The zero-order valence-electron chi connectivity index (χ0n) is 17.5. The Labute approximate surface area is 187 Å². The minimum atomic E-state index is 0.129. The second kappa shape index (κ2) is 8.86. The highest BCUT2D eigenvalue weighted by Gasteiger charge is 2.30. The van der Waals surface area contributed by atoms with Crippen LogP contribution in [0.2, 0.25) is 5.02 Å². The third-order valence-corrected chi connectivity index (χ3v) is 6.53. The van der Waals surface area contributed by atoms with Gasteiger partial charge in [-0.1, -0.05) is 67.5 Å². The maximum absolute atomic E-state index is 13.1. The highest BCUT2D eigenvalue weighted by Crippen LogP contribution is 2.33. The van der Waals surface area contributed by atoms with Gasteiger partial charge in [0, 0.05) is 23.3 Å². The number of imidazole rings is 1. The number of halogens is 1. The SMILES string of the molecule is CC(C)Cn1c(-c2ccc(Cl)cc2)cnc1SCC(=O)N1c2ccccc2CC1C. The summed E-state index contributed by atoms with van der Waals surface area (Å²) in [5, 5.41) is 1.59. The number of carbonyl (C=O) groups excluding carboxylic acids is 1. The van der Waals surface area contributed by atoms with Crippen molar-refractivity contribution in [2.24, 2.45) is 5.92 Å². The Morgan fingerprint density at radius 3 is 2.67 bits per heavy atom. The van der Waals surface area contributed by atoms with E-state index >= 15 is 0 Å². The number of rotatable bonds is 6. The van der Waals surface area contributed by atoms with Crippen LogP contribution in [0.1, 0.15) is 26.3 Å². The highest BCUT2D eigenvalue weighted by molar-refractivity contribution is 7.99. The lowest BCUT2D eigenvalue weighted by Gasteiger charge is -2.22. The molecule has 4 nitrogen and oxygen atoms in total. The highest BCUT2D eigenvalue weighted by atomic mass is 35.5. The number of hydrogen-bond acceptors (Lipinski definition) is 3. The molecule has 1 aliphatic heterocycles. The summed E-state index contributed by atoms with van der Waals surface area (Å²) in [5.74, 6) is 0.962. The Morgan fingerprint density at radius 2 is 1.93 bits per heavy atom. The molecule has 2 aromatic carbocycles. The van der Waals surface area contributed by atoms with Crippen molar-refractivity contribution < 1.29 is 4.79 Å². The molecule has 2 heterocycles. The maximum Gasteiger partial charge on any atom is 0.237 e. The summed E-state index contributed by atoms with van der Waals surface area (Å²) in [6, 6.07) is 16.2. The topological polar surface area (TPSA) is 38.1 Å². The van der Waals surface area contributed by atoms with Gasteiger partial charge in [-0.3, -0.25) is 4.79 Å². The number of amides is 1. The normalized spacial score (nSPS) is 15.6. The summed E-state index contributed by atoms with van der Waals surface area (Å²) in [6.07, 6.45) is 2.81. The Bertz CT molecular complexity index is 1040. The molecule has 0 saturated heterocycles. The third-order valence-electron chi connectivity index (χ3n) is 5.31. The van der Waals surface area contributed by atoms with Crippen LogP contribution in [0.3, 0.4) is 0 Å². The molecule has 156 valence electrons. The van der Waals surface area contributed by atoms with Gasteiger partial charge in [0.2, 0.25) is 5.91 Å². The first-order valence-electron chi connectivity index (χ1n) is 10.3. The van der Waals surface area contributed by atoms with E-state index in [1.165, 1.54) is 17.3 Å². The van der Waals surface area contributed by atoms with E-state index in [-0.39, 0.29) is 11.9 Å². The van der Waals surface area contributed by atoms with Crippen LogP contribution in [-0.4, -0.2) is 27.3 Å². The molecule has 0 bridgehead atoms. The molecule has 1 aliphatic rings. The average Bonchev–Trinajstić information content (AvgIpc) is 3.26. The Kier molecular flexibility index (Phi) is 6.21. The van der Waals surface area contributed by atoms with Crippen LogP contribution in [-0.2, 0) is 17.8 Å². The summed E-state index contributed by atoms with van der Waals surface area (Å²) in [5.41, 5.74) is 4.42. The first-order chi connectivity index (χ1) is 14.4. The van der Waals surface area contributed by atoms with E-state index in [1.54, 1.807) is 0 Å². The number of nitrogens with zero attached hydrogens (tertiary/aromatic N) is 3. The van der Waals surface area contributed by atoms with Crippen molar-refractivity contribution in [2.75, 3.05) is 10.7 Å². The number of hydrogen-bond donors (Lipinski definition) is 0. The van der Waals surface area contributed by atoms with E-state index in [0.29, 0.717) is 16.7 Å². The molecule has 0 aliphatic carbocycles. The second-order valence-corrected chi connectivity index (χ2v) is 9.55. The van der Waals surface area contributed by atoms with E-state index < -0.39 is 0 Å². The monoisotopic (exact) mass is 439 g/mol. The molecule has 1 aromatic heterocycles.